The van der Waals surface area contributed by atoms with E-state index in [9.17, 15) is 0 Å². The van der Waals surface area contributed by atoms with Crippen molar-refractivity contribution in [3.63, 3.8) is 0 Å². The molecule has 1 aliphatic heterocycles. The molecule has 1 aliphatic rings. The van der Waals surface area contributed by atoms with Gasteiger partial charge in [0, 0.05) is 19.1 Å². The summed E-state index contributed by atoms with van der Waals surface area (Å²) in [5, 5.41) is 3.48. The SMILES string of the molecule is CCCNCC1CCCN1c1cncc(OC)n1. The lowest BCUT2D eigenvalue weighted by molar-refractivity contribution is 0.395. The number of aromatic nitrogens is 2. The van der Waals surface area contributed by atoms with E-state index >= 15 is 0 Å². The van der Waals surface area contributed by atoms with Crippen LogP contribution in [0.5, 0.6) is 5.88 Å². The quantitative estimate of drug-likeness (QED) is 0.775. The third-order valence-electron chi connectivity index (χ3n) is 3.29. The molecule has 0 aromatic carbocycles. The molecule has 1 atom stereocenters. The molecule has 1 aromatic heterocycles. The van der Waals surface area contributed by atoms with Crippen molar-refractivity contribution in [2.75, 3.05) is 31.6 Å². The summed E-state index contributed by atoms with van der Waals surface area (Å²) in [5.74, 6) is 1.51. The number of hydrogen-bond donors (Lipinski definition) is 1. The van der Waals surface area contributed by atoms with Gasteiger partial charge in [0.25, 0.3) is 0 Å². The number of anilines is 1. The molecular weight excluding hydrogens is 228 g/mol. The fourth-order valence-corrected chi connectivity index (χ4v) is 2.37. The van der Waals surface area contributed by atoms with Crippen molar-refractivity contribution in [2.24, 2.45) is 0 Å². The van der Waals surface area contributed by atoms with Gasteiger partial charge in [-0.05, 0) is 25.8 Å². The molecule has 2 heterocycles. The van der Waals surface area contributed by atoms with E-state index in [1.165, 1.54) is 19.3 Å². The molecule has 0 amide bonds. The van der Waals surface area contributed by atoms with Crippen LogP contribution < -0.4 is 15.0 Å². The summed E-state index contributed by atoms with van der Waals surface area (Å²) in [6.07, 6.45) is 7.07. The van der Waals surface area contributed by atoms with E-state index in [2.05, 4.69) is 27.1 Å². The average Bonchev–Trinajstić information content (AvgIpc) is 2.87. The molecule has 0 spiro atoms. The topological polar surface area (TPSA) is 50.3 Å². The van der Waals surface area contributed by atoms with Crippen molar-refractivity contribution >= 4 is 5.82 Å². The predicted octanol–water partition coefficient (Wildman–Crippen LogP) is 1.45. The Morgan fingerprint density at radius 1 is 1.50 bits per heavy atom. The van der Waals surface area contributed by atoms with Crippen LogP contribution in [0.25, 0.3) is 0 Å². The van der Waals surface area contributed by atoms with Gasteiger partial charge in [0.2, 0.25) is 5.88 Å². The van der Waals surface area contributed by atoms with Gasteiger partial charge in [-0.25, -0.2) is 0 Å². The highest BCUT2D eigenvalue weighted by Gasteiger charge is 2.25. The Labute approximate surface area is 109 Å². The number of nitrogens with zero attached hydrogens (tertiary/aromatic N) is 3. The van der Waals surface area contributed by atoms with E-state index in [1.807, 2.05) is 6.20 Å². The van der Waals surface area contributed by atoms with E-state index < -0.39 is 0 Å². The normalized spacial score (nSPS) is 19.2. The maximum atomic E-state index is 5.13. The smallest absolute Gasteiger partial charge is 0.233 e. The van der Waals surface area contributed by atoms with Gasteiger partial charge in [-0.3, -0.25) is 4.98 Å². The highest BCUT2D eigenvalue weighted by Crippen LogP contribution is 2.24. The van der Waals surface area contributed by atoms with Gasteiger partial charge in [-0.2, -0.15) is 4.98 Å². The largest absolute Gasteiger partial charge is 0.480 e. The van der Waals surface area contributed by atoms with Crippen LogP contribution >= 0.6 is 0 Å². The van der Waals surface area contributed by atoms with Gasteiger partial charge >= 0.3 is 0 Å². The second kappa shape index (κ2) is 6.54. The summed E-state index contributed by atoms with van der Waals surface area (Å²) in [4.78, 5) is 11.0. The zero-order valence-corrected chi connectivity index (χ0v) is 11.2. The van der Waals surface area contributed by atoms with Crippen LogP contribution in [0.2, 0.25) is 0 Å². The fourth-order valence-electron chi connectivity index (χ4n) is 2.37. The van der Waals surface area contributed by atoms with Crippen molar-refractivity contribution in [1.29, 1.82) is 0 Å². The van der Waals surface area contributed by atoms with E-state index in [0.717, 1.165) is 25.5 Å². The highest BCUT2D eigenvalue weighted by molar-refractivity contribution is 5.40. The van der Waals surface area contributed by atoms with E-state index in [0.29, 0.717) is 11.9 Å². The second-order valence-electron chi connectivity index (χ2n) is 4.61. The number of rotatable bonds is 6. The summed E-state index contributed by atoms with van der Waals surface area (Å²) >= 11 is 0. The maximum absolute atomic E-state index is 5.13. The first-order valence-corrected chi connectivity index (χ1v) is 6.68. The minimum absolute atomic E-state index is 0.526. The van der Waals surface area contributed by atoms with Crippen molar-refractivity contribution in [3.05, 3.63) is 12.4 Å². The molecule has 18 heavy (non-hydrogen) atoms. The number of hydrogen-bond acceptors (Lipinski definition) is 5. The number of nitrogens with one attached hydrogen (secondary N) is 1. The maximum Gasteiger partial charge on any atom is 0.233 e. The monoisotopic (exact) mass is 250 g/mol. The fraction of sp³-hybridized carbons (Fsp3) is 0.692. The molecule has 1 saturated heterocycles. The molecule has 1 aromatic rings. The van der Waals surface area contributed by atoms with Crippen molar-refractivity contribution in [1.82, 2.24) is 15.3 Å². The molecule has 0 saturated carbocycles. The van der Waals surface area contributed by atoms with Gasteiger partial charge in [-0.15, -0.1) is 0 Å². The van der Waals surface area contributed by atoms with E-state index in [-0.39, 0.29) is 0 Å². The summed E-state index contributed by atoms with van der Waals surface area (Å²) in [6, 6.07) is 0.526. The Bertz CT molecular complexity index is 372. The second-order valence-corrected chi connectivity index (χ2v) is 4.61. The Morgan fingerprint density at radius 3 is 3.17 bits per heavy atom. The molecule has 5 nitrogen and oxygen atoms in total. The molecule has 0 bridgehead atoms. The lowest BCUT2D eigenvalue weighted by Gasteiger charge is -2.25. The Balaban J connectivity index is 2.01. The van der Waals surface area contributed by atoms with Gasteiger partial charge in [0.05, 0.1) is 19.5 Å². The average molecular weight is 250 g/mol. The van der Waals surface area contributed by atoms with Crippen LogP contribution in [0.1, 0.15) is 26.2 Å². The standard InChI is InChI=1S/C13H22N4O/c1-3-6-14-8-11-5-4-7-17(11)12-9-15-10-13(16-12)18-2/h9-11,14H,3-8H2,1-2H3. The summed E-state index contributed by atoms with van der Waals surface area (Å²) < 4.78 is 5.13. The van der Waals surface area contributed by atoms with Gasteiger partial charge < -0.3 is 15.0 Å². The van der Waals surface area contributed by atoms with Crippen molar-refractivity contribution < 1.29 is 4.74 Å². The number of ether oxygens (including phenoxy) is 1. The summed E-state index contributed by atoms with van der Waals surface area (Å²) in [5.41, 5.74) is 0. The molecule has 2 rings (SSSR count). The minimum Gasteiger partial charge on any atom is -0.480 e. The van der Waals surface area contributed by atoms with Crippen LogP contribution in [-0.2, 0) is 0 Å². The lowest BCUT2D eigenvalue weighted by atomic mass is 10.2. The van der Waals surface area contributed by atoms with E-state index in [4.69, 9.17) is 4.74 Å². The third-order valence-corrected chi connectivity index (χ3v) is 3.29. The molecule has 0 aliphatic carbocycles. The Morgan fingerprint density at radius 2 is 2.39 bits per heavy atom. The number of methoxy groups -OCH3 is 1. The van der Waals surface area contributed by atoms with Gasteiger partial charge in [0.15, 0.2) is 5.82 Å². The molecule has 100 valence electrons. The van der Waals surface area contributed by atoms with Crippen LogP contribution in [0.3, 0.4) is 0 Å². The van der Waals surface area contributed by atoms with Crippen LogP contribution in [-0.4, -0.2) is 42.8 Å². The first-order valence-electron chi connectivity index (χ1n) is 6.68. The van der Waals surface area contributed by atoms with Gasteiger partial charge in [0.1, 0.15) is 0 Å². The lowest BCUT2D eigenvalue weighted by Crippen LogP contribution is -2.38. The van der Waals surface area contributed by atoms with Crippen LogP contribution in [0.15, 0.2) is 12.4 Å². The third kappa shape index (κ3) is 3.10. The van der Waals surface area contributed by atoms with Crippen molar-refractivity contribution in [2.45, 2.75) is 32.2 Å². The zero-order chi connectivity index (χ0) is 12.8. The zero-order valence-electron chi connectivity index (χ0n) is 11.2. The molecule has 1 fully saturated rings. The minimum atomic E-state index is 0.526. The molecule has 5 heteroatoms. The molecule has 1 unspecified atom stereocenters. The molecule has 1 N–H and O–H groups in total. The Kier molecular flexibility index (Phi) is 4.75. The first kappa shape index (κ1) is 13.1. The van der Waals surface area contributed by atoms with Crippen LogP contribution in [0, 0.1) is 0 Å². The summed E-state index contributed by atoms with van der Waals surface area (Å²) in [7, 11) is 1.62. The molecular formula is C13H22N4O. The van der Waals surface area contributed by atoms with Gasteiger partial charge in [-0.1, -0.05) is 6.92 Å². The summed E-state index contributed by atoms with van der Waals surface area (Å²) in [6.45, 7) is 5.34. The van der Waals surface area contributed by atoms with Crippen LogP contribution in [0.4, 0.5) is 5.82 Å². The predicted molar refractivity (Wildman–Crippen MR) is 72.1 cm³/mol. The van der Waals surface area contributed by atoms with Crippen molar-refractivity contribution in [3.8, 4) is 5.88 Å². The Hall–Kier alpha value is -1.36. The first-order chi connectivity index (χ1) is 8.85. The van der Waals surface area contributed by atoms with E-state index in [1.54, 1.807) is 13.3 Å². The highest BCUT2D eigenvalue weighted by atomic mass is 16.5. The molecule has 0 radical (unpaired) electrons.